The van der Waals surface area contributed by atoms with E-state index >= 15 is 4.39 Å². The summed E-state index contributed by atoms with van der Waals surface area (Å²) >= 11 is 0. The van der Waals surface area contributed by atoms with Gasteiger partial charge >= 0.3 is 7.82 Å². The number of halogens is 1. The van der Waals surface area contributed by atoms with Crippen LogP contribution < -0.4 is 9.88 Å². The molecule has 5 unspecified atom stereocenters. The number of aromatic nitrogens is 1. The van der Waals surface area contributed by atoms with E-state index in [2.05, 4.69) is 5.32 Å². The second-order valence-electron chi connectivity index (χ2n) is 18.6. The van der Waals surface area contributed by atoms with E-state index in [1.165, 1.54) is 6.08 Å². The molecule has 0 radical (unpaired) electrons. The zero-order chi connectivity index (χ0) is 39.9. The van der Waals surface area contributed by atoms with Crippen LogP contribution in [0, 0.1) is 28.6 Å². The minimum Gasteiger partial charge on any atom is -0.404 e. The highest BCUT2D eigenvalue weighted by Gasteiger charge is 2.79. The fourth-order valence-corrected chi connectivity index (χ4v) is 12.1. The quantitative estimate of drug-likeness (QED) is 0.135. The molecule has 0 bridgehead atoms. The van der Waals surface area contributed by atoms with E-state index < -0.39 is 78.9 Å². The molecule has 1 aromatic rings. The highest BCUT2D eigenvalue weighted by atomic mass is 31.2. The van der Waals surface area contributed by atoms with Crippen LogP contribution in [-0.2, 0) is 29.9 Å². The smallest absolute Gasteiger partial charge is 0.404 e. The minimum absolute atomic E-state index is 0.0104. The Morgan fingerprint density at radius 3 is 2.56 bits per heavy atom. The number of allylic oxidation sites excluding steroid dienone is 2. The number of phosphoric ester groups is 1. The molecular formula is C40H59FN2O11P+. The molecule has 306 valence electrons. The van der Waals surface area contributed by atoms with Crippen LogP contribution in [0.2, 0.25) is 0 Å². The van der Waals surface area contributed by atoms with Gasteiger partial charge in [0.25, 0.3) is 0 Å². The zero-order valence-corrected chi connectivity index (χ0v) is 33.4. The predicted molar refractivity (Wildman–Crippen MR) is 196 cm³/mol. The molecule has 5 aliphatic carbocycles. The third-order valence-corrected chi connectivity index (χ3v) is 14.8. The molecule has 6 aliphatic rings. The number of ether oxygens (including phenoxy) is 2. The highest BCUT2D eigenvalue weighted by molar-refractivity contribution is 7.46. The van der Waals surface area contributed by atoms with E-state index in [0.717, 1.165) is 0 Å². The molecule has 0 aromatic carbocycles. The number of rotatable bonds is 10. The molecule has 15 heteroatoms. The summed E-state index contributed by atoms with van der Waals surface area (Å²) in [5.41, 5.74) is -3.93. The van der Waals surface area contributed by atoms with Crippen LogP contribution in [0.15, 0.2) is 47.5 Å². The molecule has 13 nitrogen and oxygen atoms in total. The van der Waals surface area contributed by atoms with Gasteiger partial charge < -0.3 is 39.7 Å². The monoisotopic (exact) mass is 793 g/mol. The number of fused-ring (bicyclic) bond motifs is 7. The van der Waals surface area contributed by atoms with Crippen molar-refractivity contribution in [1.29, 1.82) is 0 Å². The fourth-order valence-electron chi connectivity index (χ4n) is 11.7. The molecule has 2 heterocycles. The molecule has 5 fully saturated rings. The predicted octanol–water partition coefficient (Wildman–Crippen LogP) is 3.60. The number of ketones is 1. The van der Waals surface area contributed by atoms with Crippen LogP contribution in [0.4, 0.5) is 4.39 Å². The van der Waals surface area contributed by atoms with Gasteiger partial charge in [-0.05, 0) is 114 Å². The third-order valence-electron chi connectivity index (χ3n) is 14.4. The number of nitrogens with zero attached hydrogens (tertiary/aromatic N) is 1. The van der Waals surface area contributed by atoms with Crippen molar-refractivity contribution in [3.8, 4) is 0 Å². The number of nitrogens with one attached hydrogen (secondary N) is 1. The van der Waals surface area contributed by atoms with Gasteiger partial charge in [0.2, 0.25) is 0 Å². The van der Waals surface area contributed by atoms with Crippen LogP contribution in [-0.4, -0.2) is 90.4 Å². The van der Waals surface area contributed by atoms with Crippen molar-refractivity contribution in [2.75, 3.05) is 13.2 Å². The van der Waals surface area contributed by atoms with E-state index in [1.807, 2.05) is 34.6 Å². The van der Waals surface area contributed by atoms with Gasteiger partial charge in [-0.3, -0.25) is 14.6 Å². The zero-order valence-electron chi connectivity index (χ0n) is 32.5. The summed E-state index contributed by atoms with van der Waals surface area (Å²) in [6.07, 6.45) is 4.22. The number of carbonyl (C=O) groups is 1. The van der Waals surface area contributed by atoms with E-state index in [-0.39, 0.29) is 42.6 Å². The second-order valence-corrected chi connectivity index (χ2v) is 19.8. The Balaban J connectivity index is 1.15. The number of hydrogen-bond donors (Lipinski definition) is 7. The number of alkyl halides is 1. The highest BCUT2D eigenvalue weighted by Crippen LogP contribution is 2.73. The lowest BCUT2D eigenvalue weighted by Gasteiger charge is -2.65. The summed E-state index contributed by atoms with van der Waals surface area (Å²) in [6.45, 7) is 9.35. The van der Waals surface area contributed by atoms with Crippen molar-refractivity contribution in [3.05, 3.63) is 53.1 Å². The number of β-amino-alcohol motifs (C(OH)–C–C–N with tert-alkyl or cyclic N) is 1. The van der Waals surface area contributed by atoms with Crippen molar-refractivity contribution >= 4 is 13.6 Å². The molecular weight excluding hydrogens is 734 g/mol. The van der Waals surface area contributed by atoms with E-state index in [1.54, 1.807) is 29.1 Å². The van der Waals surface area contributed by atoms with E-state index in [0.29, 0.717) is 68.1 Å². The first-order valence-corrected chi connectivity index (χ1v) is 21.3. The van der Waals surface area contributed by atoms with Crippen molar-refractivity contribution < 1.29 is 62.5 Å². The Morgan fingerprint density at radius 2 is 1.87 bits per heavy atom. The Labute approximate surface area is 322 Å². The molecule has 0 spiro atoms. The summed E-state index contributed by atoms with van der Waals surface area (Å²) in [4.78, 5) is 33.5. The summed E-state index contributed by atoms with van der Waals surface area (Å²) in [5.74, 6) is -1.56. The van der Waals surface area contributed by atoms with Gasteiger partial charge in [-0.2, -0.15) is 0 Å². The van der Waals surface area contributed by atoms with Gasteiger partial charge in [0.15, 0.2) is 36.6 Å². The number of Topliss-reactive ketones (excluding diaryl/α,β-unsaturated/α-hetero) is 1. The lowest BCUT2D eigenvalue weighted by molar-refractivity contribution is -0.690. The number of carbonyl (C=O) groups excluding carboxylic acids is 1. The van der Waals surface area contributed by atoms with Crippen LogP contribution in [0.25, 0.3) is 0 Å². The van der Waals surface area contributed by atoms with Gasteiger partial charge in [-0.25, -0.2) is 13.5 Å². The molecule has 12 atom stereocenters. The average Bonchev–Trinajstić information content (AvgIpc) is 3.61. The summed E-state index contributed by atoms with van der Waals surface area (Å²) in [6, 6.07) is 3.54. The number of aliphatic hydroxyl groups excluding tert-OH is 4. The van der Waals surface area contributed by atoms with Crippen LogP contribution in [0.5, 0.6) is 0 Å². The molecule has 0 amide bonds. The largest absolute Gasteiger partial charge is 0.524 e. The average molecular weight is 794 g/mol. The fraction of sp³-hybridized carbons (Fsp3) is 0.750. The van der Waals surface area contributed by atoms with Crippen molar-refractivity contribution in [1.82, 2.24) is 5.32 Å². The van der Waals surface area contributed by atoms with Gasteiger partial charge in [-0.15, -0.1) is 0 Å². The summed E-state index contributed by atoms with van der Waals surface area (Å²) in [5, 5.41) is 46.8. The Morgan fingerprint density at radius 1 is 1.13 bits per heavy atom. The lowest BCUT2D eigenvalue weighted by Crippen LogP contribution is -2.71. The van der Waals surface area contributed by atoms with Gasteiger partial charge in [0.1, 0.15) is 18.0 Å². The molecule has 1 saturated heterocycles. The molecule has 4 saturated carbocycles. The van der Waals surface area contributed by atoms with E-state index in [4.69, 9.17) is 14.0 Å². The first-order valence-electron chi connectivity index (χ1n) is 19.8. The van der Waals surface area contributed by atoms with Gasteiger partial charge in [0.05, 0.1) is 30.0 Å². The maximum Gasteiger partial charge on any atom is 0.524 e. The number of hydrogen-bond acceptors (Lipinski definition) is 10. The SMILES string of the molecule is CC(C)(C)NCC(O)C1=CC(OP(=O)(O)O)=C(C[n+]2cccc(C3O[C@@H]4CC5C6CC[C@H]7CC(O)CC[C@]7(C)[C@@]6(F)[C@@H](O)C[C@]5(C)[C@]4(C(=O)CO)O3)c2)CC1. The van der Waals surface area contributed by atoms with Gasteiger partial charge in [0, 0.05) is 34.6 Å². The normalized spacial score (nSPS) is 40.8. The Bertz CT molecular complexity index is 1780. The molecule has 7 N–H and O–H groups in total. The number of pyridine rings is 1. The topological polar surface area (TPSA) is 199 Å². The standard InChI is InChI=1S/C40H58FN2O11P/c1-36(2,3)42-19-30(46)23-8-9-24(31(15-23)54-55(49,50)51)20-43-14-6-7-25(21-43)35-52-34-17-29-28-11-10-26-16-27(45)12-13-37(26,4)39(28,41)32(47)18-38(29,5)40(34,53-35)33(48)22-44/h6-7,14-15,21,26-30,32,34-35,42,44-47H,8-13,16-20,22H2,1-5H3,(H-,49,50,51)/p+1/t26-,27?,28?,29?,30?,32-,34+,35?,37-,38-,39-,40+/m0/s1. The summed E-state index contributed by atoms with van der Waals surface area (Å²) < 4.78 is 50.1. The van der Waals surface area contributed by atoms with Gasteiger partial charge in [-0.1, -0.05) is 13.8 Å². The van der Waals surface area contributed by atoms with Crippen LogP contribution >= 0.6 is 7.82 Å². The summed E-state index contributed by atoms with van der Waals surface area (Å²) in [7, 11) is -4.94. The number of phosphoric acid groups is 1. The van der Waals surface area contributed by atoms with Crippen LogP contribution in [0.1, 0.15) is 104 Å². The molecule has 1 aliphatic heterocycles. The lowest BCUT2D eigenvalue weighted by atomic mass is 9.42. The van der Waals surface area contributed by atoms with Crippen molar-refractivity contribution in [2.24, 2.45) is 28.6 Å². The third kappa shape index (κ3) is 6.90. The van der Waals surface area contributed by atoms with Crippen molar-refractivity contribution in [2.45, 2.75) is 146 Å². The first-order chi connectivity index (χ1) is 25.6. The van der Waals surface area contributed by atoms with Crippen molar-refractivity contribution in [3.63, 3.8) is 0 Å². The molecule has 1 aromatic heterocycles. The molecule has 7 rings (SSSR count). The maximum atomic E-state index is 17.9. The molecule has 55 heavy (non-hydrogen) atoms. The minimum atomic E-state index is -4.94. The second kappa shape index (κ2) is 14.3. The Hall–Kier alpha value is -2.10. The van der Waals surface area contributed by atoms with E-state index in [9.17, 15) is 39.6 Å². The maximum absolute atomic E-state index is 17.9. The van der Waals surface area contributed by atoms with Crippen LogP contribution in [0.3, 0.4) is 0 Å². The Kier molecular flexibility index (Phi) is 10.7. The number of aliphatic hydroxyl groups is 4. The first kappa shape index (κ1) is 41.1.